The van der Waals surface area contributed by atoms with Gasteiger partial charge in [-0.05, 0) is 18.8 Å². The number of carbonyl (C=O) groups is 2. The van der Waals surface area contributed by atoms with E-state index in [0.29, 0.717) is 25.2 Å². The first-order valence-corrected chi connectivity index (χ1v) is 9.88. The summed E-state index contributed by atoms with van der Waals surface area (Å²) in [6, 6.07) is 0.726. The number of aromatic nitrogens is 1. The highest BCUT2D eigenvalue weighted by atomic mass is 19.1. The maximum atomic E-state index is 13.8. The van der Waals surface area contributed by atoms with Crippen LogP contribution in [0.3, 0.4) is 0 Å². The molecule has 1 aromatic carbocycles. The van der Waals surface area contributed by atoms with Crippen LogP contribution in [-0.4, -0.2) is 39.5 Å². The smallest absolute Gasteiger partial charge is 0.274 e. The molecular weight excluding hydrogens is 415 g/mol. The van der Waals surface area contributed by atoms with E-state index in [2.05, 4.69) is 5.32 Å². The molecule has 31 heavy (non-hydrogen) atoms. The number of hydrogen-bond donors (Lipinski definition) is 2. The van der Waals surface area contributed by atoms with E-state index in [-0.39, 0.29) is 17.7 Å². The summed E-state index contributed by atoms with van der Waals surface area (Å²) in [5.41, 5.74) is -2.24. The Balaban J connectivity index is 1.69. The van der Waals surface area contributed by atoms with Gasteiger partial charge in [-0.25, -0.2) is 13.2 Å². The lowest BCUT2D eigenvalue weighted by Gasteiger charge is -2.36. The third kappa shape index (κ3) is 3.55. The molecule has 0 aliphatic carbocycles. The summed E-state index contributed by atoms with van der Waals surface area (Å²) in [7, 11) is 0. The average molecular weight is 435 g/mol. The molecule has 3 heterocycles. The second-order valence-corrected chi connectivity index (χ2v) is 7.95. The van der Waals surface area contributed by atoms with Gasteiger partial charge in [-0.1, -0.05) is 6.92 Å². The van der Waals surface area contributed by atoms with Crippen molar-refractivity contribution in [1.29, 1.82) is 0 Å². The lowest BCUT2D eigenvalue weighted by Crippen LogP contribution is -2.45. The zero-order valence-corrected chi connectivity index (χ0v) is 16.6. The summed E-state index contributed by atoms with van der Waals surface area (Å²) >= 11 is 0. The number of hydrogen-bond acceptors (Lipinski definition) is 4. The van der Waals surface area contributed by atoms with Gasteiger partial charge in [0.1, 0.15) is 23.0 Å². The van der Waals surface area contributed by atoms with E-state index >= 15 is 0 Å². The number of halogens is 3. The minimum absolute atomic E-state index is 0.122. The second kappa shape index (κ2) is 7.75. The summed E-state index contributed by atoms with van der Waals surface area (Å²) in [6.45, 7) is 2.26. The molecule has 4 rings (SSSR count). The molecule has 2 aromatic rings. The minimum Gasteiger partial charge on any atom is -0.503 e. The van der Waals surface area contributed by atoms with E-state index in [1.165, 1.54) is 10.8 Å². The maximum absolute atomic E-state index is 13.8. The molecule has 2 N–H and O–H groups in total. The Hall–Kier alpha value is -3.30. The Morgan fingerprint density at radius 2 is 1.90 bits per heavy atom. The molecule has 10 heteroatoms. The van der Waals surface area contributed by atoms with E-state index in [9.17, 15) is 32.7 Å². The Morgan fingerprint density at radius 1 is 1.23 bits per heavy atom. The SMILES string of the molecule is C[C@H]1CCCN2CC1n1cc(C(=O)NCc3c(F)cc(F)cc3F)c(=O)c(O)c1C2=O. The molecule has 1 unspecified atom stereocenters. The molecule has 1 saturated heterocycles. The van der Waals surface area contributed by atoms with Gasteiger partial charge in [0.15, 0.2) is 11.4 Å². The molecule has 1 fully saturated rings. The predicted octanol–water partition coefficient (Wildman–Crippen LogP) is 2.33. The molecule has 1 aromatic heterocycles. The quantitative estimate of drug-likeness (QED) is 0.774. The molecule has 0 spiro atoms. The minimum atomic E-state index is -1.18. The first-order valence-electron chi connectivity index (χ1n) is 9.88. The number of benzene rings is 1. The molecule has 2 amide bonds. The van der Waals surface area contributed by atoms with Crippen LogP contribution < -0.4 is 10.7 Å². The molecule has 0 saturated carbocycles. The average Bonchev–Trinajstić information content (AvgIpc) is 2.87. The Kier molecular flexibility index (Phi) is 5.24. The first kappa shape index (κ1) is 21.0. The number of rotatable bonds is 3. The number of fused-ring (bicyclic) bond motifs is 4. The highest BCUT2D eigenvalue weighted by Crippen LogP contribution is 2.35. The fourth-order valence-electron chi connectivity index (χ4n) is 4.25. The van der Waals surface area contributed by atoms with E-state index in [0.717, 1.165) is 12.8 Å². The van der Waals surface area contributed by atoms with Crippen LogP contribution in [0.25, 0.3) is 0 Å². The number of amides is 2. The fourth-order valence-corrected chi connectivity index (χ4v) is 4.25. The van der Waals surface area contributed by atoms with Crippen molar-refractivity contribution in [1.82, 2.24) is 14.8 Å². The van der Waals surface area contributed by atoms with Crippen LogP contribution in [0, 0.1) is 23.4 Å². The van der Waals surface area contributed by atoms with Gasteiger partial charge in [0.2, 0.25) is 5.43 Å². The molecule has 164 valence electrons. The summed E-state index contributed by atoms with van der Waals surface area (Å²) in [4.78, 5) is 39.6. The lowest BCUT2D eigenvalue weighted by molar-refractivity contribution is 0.0662. The van der Waals surface area contributed by atoms with Gasteiger partial charge in [-0.15, -0.1) is 0 Å². The van der Waals surface area contributed by atoms with Crippen molar-refractivity contribution in [2.75, 3.05) is 13.1 Å². The molecule has 2 aliphatic heterocycles. The lowest BCUT2D eigenvalue weighted by atomic mass is 9.95. The van der Waals surface area contributed by atoms with Gasteiger partial charge < -0.3 is 19.9 Å². The van der Waals surface area contributed by atoms with E-state index < -0.39 is 58.1 Å². The molecule has 0 radical (unpaired) electrons. The van der Waals surface area contributed by atoms with E-state index in [4.69, 9.17) is 0 Å². The first-order chi connectivity index (χ1) is 14.7. The monoisotopic (exact) mass is 435 g/mol. The molecule has 2 atom stereocenters. The second-order valence-electron chi connectivity index (χ2n) is 7.95. The van der Waals surface area contributed by atoms with Crippen LogP contribution in [0.15, 0.2) is 23.1 Å². The summed E-state index contributed by atoms with van der Waals surface area (Å²) < 4.78 is 42.1. The normalized spacial score (nSPS) is 20.3. The van der Waals surface area contributed by atoms with Crippen molar-refractivity contribution in [3.05, 3.63) is 62.8 Å². The van der Waals surface area contributed by atoms with Gasteiger partial charge in [0.05, 0.1) is 6.04 Å². The van der Waals surface area contributed by atoms with Gasteiger partial charge in [-0.3, -0.25) is 14.4 Å². The van der Waals surface area contributed by atoms with Crippen molar-refractivity contribution in [3.8, 4) is 5.75 Å². The topological polar surface area (TPSA) is 91.6 Å². The van der Waals surface area contributed by atoms with Crippen LogP contribution in [0.5, 0.6) is 5.75 Å². The van der Waals surface area contributed by atoms with Crippen molar-refractivity contribution in [2.24, 2.45) is 5.92 Å². The van der Waals surface area contributed by atoms with E-state index in [1.807, 2.05) is 6.92 Å². The number of nitrogens with zero attached hydrogens (tertiary/aromatic N) is 2. The maximum Gasteiger partial charge on any atom is 0.274 e. The highest BCUT2D eigenvalue weighted by Gasteiger charge is 2.38. The van der Waals surface area contributed by atoms with Gasteiger partial charge in [0.25, 0.3) is 11.8 Å². The third-order valence-electron chi connectivity index (χ3n) is 5.99. The Labute approximate surface area is 175 Å². The fraction of sp³-hybridized carbons (Fsp3) is 0.381. The van der Waals surface area contributed by atoms with Crippen molar-refractivity contribution >= 4 is 11.8 Å². The summed E-state index contributed by atoms with van der Waals surface area (Å²) in [6.07, 6.45) is 2.82. The zero-order chi connectivity index (χ0) is 22.4. The molecule has 7 nitrogen and oxygen atoms in total. The number of nitrogens with one attached hydrogen (secondary N) is 1. The van der Waals surface area contributed by atoms with Crippen LogP contribution in [0.2, 0.25) is 0 Å². The molecule has 2 aliphatic rings. The largest absolute Gasteiger partial charge is 0.503 e. The van der Waals surface area contributed by atoms with Gasteiger partial charge in [-0.2, -0.15) is 0 Å². The van der Waals surface area contributed by atoms with Crippen molar-refractivity contribution < 1.29 is 27.9 Å². The van der Waals surface area contributed by atoms with Gasteiger partial charge in [0, 0.05) is 43.5 Å². The summed E-state index contributed by atoms with van der Waals surface area (Å²) in [5.74, 6) is -5.63. The van der Waals surface area contributed by atoms with Crippen molar-refractivity contribution in [3.63, 3.8) is 0 Å². The van der Waals surface area contributed by atoms with Crippen LogP contribution in [0.1, 0.15) is 52.2 Å². The molecular formula is C21H20F3N3O4. The standard InChI is InChI=1S/C21H20F3N3O4/c1-10-3-2-4-26-9-16(10)27-8-13(18(28)19(29)17(27)21(26)31)20(30)25-7-12-14(23)5-11(22)6-15(12)24/h5-6,8,10,16,29H,2-4,7,9H2,1H3,(H,25,30)/t10-,16?/m0/s1. The number of pyridine rings is 1. The Morgan fingerprint density at radius 3 is 2.58 bits per heavy atom. The highest BCUT2D eigenvalue weighted by molar-refractivity contribution is 5.99. The van der Waals surface area contributed by atoms with Gasteiger partial charge >= 0.3 is 0 Å². The zero-order valence-electron chi connectivity index (χ0n) is 16.6. The van der Waals surface area contributed by atoms with Crippen LogP contribution in [0.4, 0.5) is 13.2 Å². The number of carbonyl (C=O) groups excluding carboxylic acids is 2. The third-order valence-corrected chi connectivity index (χ3v) is 5.99. The van der Waals surface area contributed by atoms with Crippen LogP contribution in [-0.2, 0) is 6.54 Å². The molecule has 2 bridgehead atoms. The summed E-state index contributed by atoms with van der Waals surface area (Å²) in [5, 5.41) is 12.7. The van der Waals surface area contributed by atoms with Crippen molar-refractivity contribution in [2.45, 2.75) is 32.4 Å². The number of aromatic hydroxyl groups is 1. The Bertz CT molecular complexity index is 1120. The predicted molar refractivity (Wildman–Crippen MR) is 103 cm³/mol. The van der Waals surface area contributed by atoms with E-state index in [1.54, 1.807) is 4.90 Å². The van der Waals surface area contributed by atoms with Crippen LogP contribution >= 0.6 is 0 Å².